The first-order valence-electron chi connectivity index (χ1n) is 5.88. The van der Waals surface area contributed by atoms with Gasteiger partial charge in [-0.1, -0.05) is 19.8 Å². The smallest absolute Gasteiger partial charge is 0.115 e. The Labute approximate surface area is 91.3 Å². The van der Waals surface area contributed by atoms with Crippen LogP contribution in [0.4, 0.5) is 0 Å². The van der Waals surface area contributed by atoms with Gasteiger partial charge >= 0.3 is 0 Å². The molecule has 0 aromatic carbocycles. The molecule has 0 aliphatic heterocycles. The Hall–Kier alpha value is -0.960. The van der Waals surface area contributed by atoms with Gasteiger partial charge < -0.3 is 5.32 Å². The van der Waals surface area contributed by atoms with Gasteiger partial charge in [0, 0.05) is 18.8 Å². The molecule has 2 unspecified atom stereocenters. The second kappa shape index (κ2) is 5.21. The van der Waals surface area contributed by atoms with Crippen LogP contribution in [0.2, 0.25) is 0 Å². The standard InChI is InChI=1S/C12H19N3/c1-2-10-4-3-5-12(10)14-8-11-6-7-13-9-15-11/h6-7,9-10,12,14H,2-5,8H2,1H3. The summed E-state index contributed by atoms with van der Waals surface area (Å²) in [7, 11) is 0. The zero-order valence-corrected chi connectivity index (χ0v) is 9.32. The van der Waals surface area contributed by atoms with Gasteiger partial charge in [-0.2, -0.15) is 0 Å². The molecule has 3 heteroatoms. The zero-order valence-electron chi connectivity index (χ0n) is 9.32. The third kappa shape index (κ3) is 2.75. The monoisotopic (exact) mass is 205 g/mol. The molecule has 1 aliphatic carbocycles. The molecular weight excluding hydrogens is 186 g/mol. The summed E-state index contributed by atoms with van der Waals surface area (Å²) in [5.74, 6) is 0.867. The fourth-order valence-corrected chi connectivity index (χ4v) is 2.45. The molecule has 1 aromatic rings. The van der Waals surface area contributed by atoms with Crippen LogP contribution >= 0.6 is 0 Å². The summed E-state index contributed by atoms with van der Waals surface area (Å²) in [4.78, 5) is 8.13. The highest BCUT2D eigenvalue weighted by Crippen LogP contribution is 2.28. The molecule has 1 heterocycles. The second-order valence-corrected chi connectivity index (χ2v) is 4.29. The van der Waals surface area contributed by atoms with Crippen molar-refractivity contribution >= 4 is 0 Å². The van der Waals surface area contributed by atoms with Gasteiger partial charge in [-0.3, -0.25) is 0 Å². The summed E-state index contributed by atoms with van der Waals surface area (Å²) < 4.78 is 0. The quantitative estimate of drug-likeness (QED) is 0.818. The molecule has 82 valence electrons. The number of rotatable bonds is 4. The molecule has 2 rings (SSSR count). The van der Waals surface area contributed by atoms with Crippen LogP contribution in [0.5, 0.6) is 0 Å². The molecule has 1 N–H and O–H groups in total. The van der Waals surface area contributed by atoms with E-state index in [4.69, 9.17) is 0 Å². The van der Waals surface area contributed by atoms with Crippen molar-refractivity contribution in [2.45, 2.75) is 45.2 Å². The molecule has 0 radical (unpaired) electrons. The van der Waals surface area contributed by atoms with Gasteiger partial charge in [-0.25, -0.2) is 9.97 Å². The lowest BCUT2D eigenvalue weighted by Gasteiger charge is -2.19. The van der Waals surface area contributed by atoms with Crippen molar-refractivity contribution < 1.29 is 0 Å². The molecule has 1 saturated carbocycles. The Balaban J connectivity index is 1.83. The van der Waals surface area contributed by atoms with Gasteiger partial charge in [0.2, 0.25) is 0 Å². The van der Waals surface area contributed by atoms with Crippen LogP contribution < -0.4 is 5.32 Å². The predicted molar refractivity (Wildman–Crippen MR) is 60.3 cm³/mol. The van der Waals surface area contributed by atoms with E-state index in [0.717, 1.165) is 18.2 Å². The van der Waals surface area contributed by atoms with Crippen LogP contribution in [0, 0.1) is 5.92 Å². The molecule has 0 bridgehead atoms. The minimum atomic E-state index is 0.699. The summed E-state index contributed by atoms with van der Waals surface area (Å²) in [5.41, 5.74) is 1.09. The summed E-state index contributed by atoms with van der Waals surface area (Å²) >= 11 is 0. The average Bonchev–Trinajstić information content (AvgIpc) is 2.75. The summed E-state index contributed by atoms with van der Waals surface area (Å²) in [6.45, 7) is 3.17. The second-order valence-electron chi connectivity index (χ2n) is 4.29. The molecule has 0 saturated heterocycles. The van der Waals surface area contributed by atoms with Crippen molar-refractivity contribution in [1.82, 2.24) is 15.3 Å². The van der Waals surface area contributed by atoms with Gasteiger partial charge in [0.05, 0.1) is 5.69 Å². The third-order valence-electron chi connectivity index (χ3n) is 3.37. The van der Waals surface area contributed by atoms with Crippen LogP contribution in [0.25, 0.3) is 0 Å². The Bertz CT molecular complexity index is 286. The molecule has 15 heavy (non-hydrogen) atoms. The predicted octanol–water partition coefficient (Wildman–Crippen LogP) is 2.14. The first-order chi connectivity index (χ1) is 7.40. The minimum absolute atomic E-state index is 0.699. The van der Waals surface area contributed by atoms with E-state index in [2.05, 4.69) is 22.2 Å². The maximum Gasteiger partial charge on any atom is 0.115 e. The van der Waals surface area contributed by atoms with E-state index in [1.54, 1.807) is 12.5 Å². The van der Waals surface area contributed by atoms with Gasteiger partial charge in [-0.15, -0.1) is 0 Å². The Morgan fingerprint density at radius 3 is 3.13 bits per heavy atom. The number of aromatic nitrogens is 2. The normalized spacial score (nSPS) is 25.7. The topological polar surface area (TPSA) is 37.8 Å². The molecule has 0 spiro atoms. The van der Waals surface area contributed by atoms with E-state index in [0.29, 0.717) is 6.04 Å². The SMILES string of the molecule is CCC1CCCC1NCc1ccncn1. The average molecular weight is 205 g/mol. The lowest BCUT2D eigenvalue weighted by Crippen LogP contribution is -2.31. The highest BCUT2D eigenvalue weighted by Gasteiger charge is 2.24. The molecule has 2 atom stereocenters. The molecular formula is C12H19N3. The van der Waals surface area contributed by atoms with Crippen LogP contribution in [0.3, 0.4) is 0 Å². The van der Waals surface area contributed by atoms with Crippen molar-refractivity contribution in [3.05, 3.63) is 24.3 Å². The molecule has 3 nitrogen and oxygen atoms in total. The summed E-state index contributed by atoms with van der Waals surface area (Å²) in [6, 6.07) is 2.67. The fourth-order valence-electron chi connectivity index (χ4n) is 2.45. The van der Waals surface area contributed by atoms with Crippen molar-refractivity contribution in [3.63, 3.8) is 0 Å². The summed E-state index contributed by atoms with van der Waals surface area (Å²) in [6.07, 6.45) is 8.79. The lowest BCUT2D eigenvalue weighted by atomic mass is 10.0. The molecule has 1 aromatic heterocycles. The van der Waals surface area contributed by atoms with E-state index in [9.17, 15) is 0 Å². The van der Waals surface area contributed by atoms with Crippen molar-refractivity contribution in [1.29, 1.82) is 0 Å². The van der Waals surface area contributed by atoms with Crippen molar-refractivity contribution in [2.24, 2.45) is 5.92 Å². The fraction of sp³-hybridized carbons (Fsp3) is 0.667. The first kappa shape index (κ1) is 10.6. The zero-order chi connectivity index (χ0) is 10.5. The van der Waals surface area contributed by atoms with Gasteiger partial charge in [0.15, 0.2) is 0 Å². The van der Waals surface area contributed by atoms with Crippen LogP contribution in [0.15, 0.2) is 18.6 Å². The van der Waals surface area contributed by atoms with E-state index in [1.165, 1.54) is 25.7 Å². The highest BCUT2D eigenvalue weighted by atomic mass is 15.0. The van der Waals surface area contributed by atoms with Gasteiger partial charge in [0.25, 0.3) is 0 Å². The van der Waals surface area contributed by atoms with E-state index >= 15 is 0 Å². The van der Waals surface area contributed by atoms with E-state index < -0.39 is 0 Å². The van der Waals surface area contributed by atoms with Crippen LogP contribution in [-0.4, -0.2) is 16.0 Å². The Morgan fingerprint density at radius 2 is 2.40 bits per heavy atom. The van der Waals surface area contributed by atoms with E-state index in [1.807, 2.05) is 6.07 Å². The number of nitrogens with zero attached hydrogens (tertiary/aromatic N) is 2. The lowest BCUT2D eigenvalue weighted by molar-refractivity contribution is 0.387. The van der Waals surface area contributed by atoms with Crippen molar-refractivity contribution in [2.75, 3.05) is 0 Å². The van der Waals surface area contributed by atoms with Crippen LogP contribution in [-0.2, 0) is 6.54 Å². The largest absolute Gasteiger partial charge is 0.308 e. The molecule has 0 amide bonds. The maximum atomic E-state index is 4.22. The summed E-state index contributed by atoms with van der Waals surface area (Å²) in [5, 5.41) is 3.61. The van der Waals surface area contributed by atoms with E-state index in [-0.39, 0.29) is 0 Å². The Morgan fingerprint density at radius 1 is 1.47 bits per heavy atom. The third-order valence-corrected chi connectivity index (χ3v) is 3.37. The molecule has 1 fully saturated rings. The first-order valence-corrected chi connectivity index (χ1v) is 5.88. The Kier molecular flexibility index (Phi) is 3.67. The van der Waals surface area contributed by atoms with Gasteiger partial charge in [-0.05, 0) is 24.8 Å². The number of hydrogen-bond donors (Lipinski definition) is 1. The molecule has 1 aliphatic rings. The van der Waals surface area contributed by atoms with Crippen LogP contribution in [0.1, 0.15) is 38.3 Å². The van der Waals surface area contributed by atoms with Crippen molar-refractivity contribution in [3.8, 4) is 0 Å². The highest BCUT2D eigenvalue weighted by molar-refractivity contribution is 4.98. The number of hydrogen-bond acceptors (Lipinski definition) is 3. The van der Waals surface area contributed by atoms with Gasteiger partial charge in [0.1, 0.15) is 6.33 Å². The maximum absolute atomic E-state index is 4.22. The minimum Gasteiger partial charge on any atom is -0.308 e. The number of nitrogens with one attached hydrogen (secondary N) is 1.